The van der Waals surface area contributed by atoms with Crippen LogP contribution in [0.3, 0.4) is 0 Å². The number of hydrogen-bond donors (Lipinski definition) is 0. The van der Waals surface area contributed by atoms with Crippen LogP contribution in [0.4, 0.5) is 0 Å². The molecule has 0 aliphatic rings. The first kappa shape index (κ1) is 7.66. The van der Waals surface area contributed by atoms with Crippen molar-refractivity contribution in [1.82, 2.24) is 4.98 Å². The summed E-state index contributed by atoms with van der Waals surface area (Å²) in [4.78, 5) is 8.00. The Hall–Kier alpha value is -1.44. The highest BCUT2D eigenvalue weighted by atomic mass is 14.7. The molecule has 1 aromatic rings. The van der Waals surface area contributed by atoms with Crippen molar-refractivity contribution in [1.29, 1.82) is 0 Å². The molecule has 1 aromatic heterocycles. The molecular weight excluding hydrogens is 136 g/mol. The minimum Gasteiger partial charge on any atom is -0.263 e. The SMILES string of the molecule is C=C/N=C\c1ncccc1C. The van der Waals surface area contributed by atoms with Crippen LogP contribution in [0.15, 0.2) is 36.1 Å². The smallest absolute Gasteiger partial charge is 0.0841 e. The van der Waals surface area contributed by atoms with Crippen molar-refractivity contribution in [3.05, 3.63) is 42.4 Å². The summed E-state index contributed by atoms with van der Waals surface area (Å²) in [5.41, 5.74) is 2.02. The molecule has 0 aliphatic carbocycles. The number of pyridine rings is 1. The molecule has 0 bridgehead atoms. The maximum Gasteiger partial charge on any atom is 0.0841 e. The monoisotopic (exact) mass is 146 g/mol. The normalized spacial score (nSPS) is 10.3. The maximum atomic E-state index is 4.12. The van der Waals surface area contributed by atoms with Crippen LogP contribution in [0.25, 0.3) is 0 Å². The zero-order valence-corrected chi connectivity index (χ0v) is 6.49. The van der Waals surface area contributed by atoms with Crippen LogP contribution in [-0.2, 0) is 0 Å². The Balaban J connectivity index is 2.94. The van der Waals surface area contributed by atoms with Crippen molar-refractivity contribution < 1.29 is 0 Å². The summed E-state index contributed by atoms with van der Waals surface area (Å²) in [6, 6.07) is 3.90. The van der Waals surface area contributed by atoms with E-state index < -0.39 is 0 Å². The van der Waals surface area contributed by atoms with E-state index in [1.54, 1.807) is 12.4 Å². The quantitative estimate of drug-likeness (QED) is 0.585. The molecule has 0 radical (unpaired) electrons. The van der Waals surface area contributed by atoms with Crippen molar-refractivity contribution in [3.63, 3.8) is 0 Å². The molecule has 0 saturated carbocycles. The lowest BCUT2D eigenvalue weighted by Crippen LogP contribution is -1.89. The number of aliphatic imine (C=N–C) groups is 1. The van der Waals surface area contributed by atoms with E-state index >= 15 is 0 Å². The number of aromatic nitrogens is 1. The van der Waals surface area contributed by atoms with Gasteiger partial charge in [0.15, 0.2) is 0 Å². The fraction of sp³-hybridized carbons (Fsp3) is 0.111. The highest BCUT2D eigenvalue weighted by molar-refractivity contribution is 5.79. The molecule has 2 heteroatoms. The van der Waals surface area contributed by atoms with E-state index in [9.17, 15) is 0 Å². The number of rotatable bonds is 2. The van der Waals surface area contributed by atoms with Gasteiger partial charge < -0.3 is 0 Å². The Morgan fingerprint density at radius 1 is 1.64 bits per heavy atom. The standard InChI is InChI=1S/C9H10N2/c1-3-10-7-9-8(2)5-4-6-11-9/h3-7H,1H2,2H3/b10-7-. The molecule has 0 spiro atoms. The zero-order valence-electron chi connectivity index (χ0n) is 6.49. The van der Waals surface area contributed by atoms with Crippen molar-refractivity contribution in [3.8, 4) is 0 Å². The third-order valence-corrected chi connectivity index (χ3v) is 1.35. The predicted octanol–water partition coefficient (Wildman–Crippen LogP) is 1.95. The highest BCUT2D eigenvalue weighted by Gasteiger charge is 1.91. The Morgan fingerprint density at radius 3 is 3.09 bits per heavy atom. The Kier molecular flexibility index (Phi) is 2.55. The highest BCUT2D eigenvalue weighted by Crippen LogP contribution is 1.99. The largest absolute Gasteiger partial charge is 0.263 e. The van der Waals surface area contributed by atoms with E-state index in [2.05, 4.69) is 16.6 Å². The summed E-state index contributed by atoms with van der Waals surface area (Å²) in [6.07, 6.45) is 4.94. The van der Waals surface area contributed by atoms with Crippen LogP contribution in [0.5, 0.6) is 0 Å². The van der Waals surface area contributed by atoms with Crippen LogP contribution >= 0.6 is 0 Å². The van der Waals surface area contributed by atoms with E-state index in [-0.39, 0.29) is 0 Å². The average Bonchev–Trinajstić information content (AvgIpc) is 2.03. The van der Waals surface area contributed by atoms with E-state index in [1.807, 2.05) is 19.1 Å². The van der Waals surface area contributed by atoms with Crippen LogP contribution in [-0.4, -0.2) is 11.2 Å². The van der Waals surface area contributed by atoms with E-state index in [1.165, 1.54) is 6.20 Å². The van der Waals surface area contributed by atoms with Gasteiger partial charge in [-0.1, -0.05) is 12.6 Å². The fourth-order valence-electron chi connectivity index (χ4n) is 0.756. The molecule has 11 heavy (non-hydrogen) atoms. The summed E-state index contributed by atoms with van der Waals surface area (Å²) in [5.74, 6) is 0. The van der Waals surface area contributed by atoms with E-state index in [0.29, 0.717) is 0 Å². The lowest BCUT2D eigenvalue weighted by atomic mass is 10.2. The first-order valence-corrected chi connectivity index (χ1v) is 3.40. The summed E-state index contributed by atoms with van der Waals surface area (Å²) in [5, 5.41) is 0. The van der Waals surface area contributed by atoms with Gasteiger partial charge in [0, 0.05) is 12.4 Å². The lowest BCUT2D eigenvalue weighted by molar-refractivity contribution is 1.24. The molecule has 0 amide bonds. The third kappa shape index (κ3) is 2.00. The lowest BCUT2D eigenvalue weighted by Gasteiger charge is -1.94. The van der Waals surface area contributed by atoms with Gasteiger partial charge in [-0.25, -0.2) is 0 Å². The van der Waals surface area contributed by atoms with Gasteiger partial charge >= 0.3 is 0 Å². The summed E-state index contributed by atoms with van der Waals surface area (Å²) < 4.78 is 0. The van der Waals surface area contributed by atoms with Crippen molar-refractivity contribution >= 4 is 6.21 Å². The molecule has 1 heterocycles. The van der Waals surface area contributed by atoms with Crippen LogP contribution < -0.4 is 0 Å². The Morgan fingerprint density at radius 2 is 2.45 bits per heavy atom. The Bertz CT molecular complexity index is 277. The molecule has 0 atom stereocenters. The second kappa shape index (κ2) is 3.66. The Labute approximate surface area is 66.3 Å². The summed E-state index contributed by atoms with van der Waals surface area (Å²) in [7, 11) is 0. The minimum atomic E-state index is 0.896. The first-order chi connectivity index (χ1) is 5.34. The van der Waals surface area contributed by atoms with E-state index in [4.69, 9.17) is 0 Å². The maximum absolute atomic E-state index is 4.12. The number of nitrogens with zero attached hydrogens (tertiary/aromatic N) is 2. The van der Waals surface area contributed by atoms with Gasteiger partial charge in [0.25, 0.3) is 0 Å². The van der Waals surface area contributed by atoms with Gasteiger partial charge in [-0.2, -0.15) is 0 Å². The molecule has 0 N–H and O–H groups in total. The molecule has 56 valence electrons. The second-order valence-corrected chi connectivity index (χ2v) is 2.17. The molecule has 0 aliphatic heterocycles. The van der Waals surface area contributed by atoms with Crippen LogP contribution in [0.1, 0.15) is 11.3 Å². The number of aryl methyl sites for hydroxylation is 1. The van der Waals surface area contributed by atoms with Crippen molar-refractivity contribution in [2.75, 3.05) is 0 Å². The second-order valence-electron chi connectivity index (χ2n) is 2.17. The average molecular weight is 146 g/mol. The molecule has 0 aromatic carbocycles. The topological polar surface area (TPSA) is 25.2 Å². The van der Waals surface area contributed by atoms with Crippen molar-refractivity contribution in [2.24, 2.45) is 4.99 Å². The summed E-state index contributed by atoms with van der Waals surface area (Å²) in [6.45, 7) is 5.48. The third-order valence-electron chi connectivity index (χ3n) is 1.35. The van der Waals surface area contributed by atoms with Gasteiger partial charge in [0.1, 0.15) is 0 Å². The molecule has 2 nitrogen and oxygen atoms in total. The van der Waals surface area contributed by atoms with Gasteiger partial charge in [0.05, 0.1) is 11.9 Å². The zero-order chi connectivity index (χ0) is 8.10. The molecule has 0 unspecified atom stereocenters. The number of hydrogen-bond acceptors (Lipinski definition) is 2. The summed E-state index contributed by atoms with van der Waals surface area (Å²) >= 11 is 0. The van der Waals surface area contributed by atoms with E-state index in [0.717, 1.165) is 11.3 Å². The first-order valence-electron chi connectivity index (χ1n) is 3.40. The fourth-order valence-corrected chi connectivity index (χ4v) is 0.756. The molecule has 0 saturated heterocycles. The van der Waals surface area contributed by atoms with Gasteiger partial charge in [0.2, 0.25) is 0 Å². The van der Waals surface area contributed by atoms with Crippen molar-refractivity contribution in [2.45, 2.75) is 6.92 Å². The predicted molar refractivity (Wildman–Crippen MR) is 46.8 cm³/mol. The molecular formula is C9H10N2. The molecule has 0 fully saturated rings. The van der Waals surface area contributed by atoms with Crippen LogP contribution in [0, 0.1) is 6.92 Å². The van der Waals surface area contributed by atoms with Crippen LogP contribution in [0.2, 0.25) is 0 Å². The van der Waals surface area contributed by atoms with Gasteiger partial charge in [-0.3, -0.25) is 9.98 Å². The minimum absolute atomic E-state index is 0.896. The van der Waals surface area contributed by atoms with Gasteiger partial charge in [-0.15, -0.1) is 0 Å². The van der Waals surface area contributed by atoms with Gasteiger partial charge in [-0.05, 0) is 18.6 Å². The molecule has 1 rings (SSSR count).